The third kappa shape index (κ3) is 1.82. The zero-order valence-corrected chi connectivity index (χ0v) is 6.45. The number of nitrogens with zero attached hydrogens (tertiary/aromatic N) is 1. The third-order valence-electron chi connectivity index (χ3n) is 2.04. The van der Waals surface area contributed by atoms with Crippen molar-refractivity contribution in [3.05, 3.63) is 12.2 Å². The van der Waals surface area contributed by atoms with Crippen LogP contribution in [0.25, 0.3) is 0 Å². The first-order chi connectivity index (χ1) is 4.84. The SMILES string of the molecule is CN1CCC[C@@H]1/C=C/CO. The second-order valence-corrected chi connectivity index (χ2v) is 2.80. The van der Waals surface area contributed by atoms with Crippen LogP contribution in [0.1, 0.15) is 12.8 Å². The molecular formula is C8H15NO. The van der Waals surface area contributed by atoms with E-state index in [1.807, 2.05) is 6.08 Å². The van der Waals surface area contributed by atoms with Gasteiger partial charge in [0.15, 0.2) is 0 Å². The van der Waals surface area contributed by atoms with Crippen LogP contribution in [-0.2, 0) is 0 Å². The number of likely N-dealkylation sites (tertiary alicyclic amines) is 1. The fourth-order valence-electron chi connectivity index (χ4n) is 1.40. The molecule has 1 rings (SSSR count). The smallest absolute Gasteiger partial charge is 0.0612 e. The van der Waals surface area contributed by atoms with Crippen molar-refractivity contribution in [3.8, 4) is 0 Å². The Morgan fingerprint density at radius 1 is 1.70 bits per heavy atom. The summed E-state index contributed by atoms with van der Waals surface area (Å²) in [5, 5.41) is 8.51. The van der Waals surface area contributed by atoms with Crippen molar-refractivity contribution in [2.45, 2.75) is 18.9 Å². The molecule has 0 aromatic carbocycles. The van der Waals surface area contributed by atoms with Gasteiger partial charge in [0.1, 0.15) is 0 Å². The number of aliphatic hydroxyl groups is 1. The molecule has 10 heavy (non-hydrogen) atoms. The van der Waals surface area contributed by atoms with Crippen molar-refractivity contribution in [2.75, 3.05) is 20.2 Å². The Hall–Kier alpha value is -0.340. The highest BCUT2D eigenvalue weighted by Crippen LogP contribution is 2.15. The van der Waals surface area contributed by atoms with E-state index in [0.29, 0.717) is 6.04 Å². The van der Waals surface area contributed by atoms with E-state index in [9.17, 15) is 0 Å². The highest BCUT2D eigenvalue weighted by Gasteiger charge is 2.16. The van der Waals surface area contributed by atoms with E-state index >= 15 is 0 Å². The molecule has 1 N–H and O–H groups in total. The molecule has 0 aromatic rings. The molecule has 0 aliphatic carbocycles. The molecule has 1 atom stereocenters. The quantitative estimate of drug-likeness (QED) is 0.570. The van der Waals surface area contributed by atoms with E-state index in [4.69, 9.17) is 5.11 Å². The van der Waals surface area contributed by atoms with Crippen LogP contribution in [0.3, 0.4) is 0 Å². The Morgan fingerprint density at radius 3 is 3.00 bits per heavy atom. The van der Waals surface area contributed by atoms with Gasteiger partial charge in [-0.2, -0.15) is 0 Å². The zero-order chi connectivity index (χ0) is 7.40. The molecule has 1 fully saturated rings. The molecule has 0 spiro atoms. The van der Waals surface area contributed by atoms with Crippen LogP contribution in [0.4, 0.5) is 0 Å². The van der Waals surface area contributed by atoms with Gasteiger partial charge in [-0.25, -0.2) is 0 Å². The van der Waals surface area contributed by atoms with Gasteiger partial charge in [-0.3, -0.25) is 4.90 Å². The molecular weight excluding hydrogens is 126 g/mol. The van der Waals surface area contributed by atoms with Gasteiger partial charge in [0, 0.05) is 6.04 Å². The second kappa shape index (κ2) is 3.74. The zero-order valence-electron chi connectivity index (χ0n) is 6.45. The van der Waals surface area contributed by atoms with Crippen LogP contribution in [0.15, 0.2) is 12.2 Å². The lowest BCUT2D eigenvalue weighted by Gasteiger charge is -2.14. The third-order valence-corrected chi connectivity index (χ3v) is 2.04. The van der Waals surface area contributed by atoms with Gasteiger partial charge in [0.2, 0.25) is 0 Å². The van der Waals surface area contributed by atoms with Gasteiger partial charge < -0.3 is 5.11 Å². The van der Waals surface area contributed by atoms with Gasteiger partial charge in [-0.1, -0.05) is 12.2 Å². The second-order valence-electron chi connectivity index (χ2n) is 2.80. The summed E-state index contributed by atoms with van der Waals surface area (Å²) in [6.07, 6.45) is 6.45. The van der Waals surface area contributed by atoms with E-state index in [1.165, 1.54) is 19.4 Å². The molecule has 1 aliphatic heterocycles. The van der Waals surface area contributed by atoms with Crippen LogP contribution in [0, 0.1) is 0 Å². The Bertz CT molecular complexity index is 122. The largest absolute Gasteiger partial charge is 0.392 e. The first kappa shape index (κ1) is 7.76. The topological polar surface area (TPSA) is 23.5 Å². The summed E-state index contributed by atoms with van der Waals surface area (Å²) in [5.74, 6) is 0. The first-order valence-corrected chi connectivity index (χ1v) is 3.82. The molecule has 1 saturated heterocycles. The van der Waals surface area contributed by atoms with E-state index in [2.05, 4.69) is 18.0 Å². The Balaban J connectivity index is 2.33. The fraction of sp³-hybridized carbons (Fsp3) is 0.750. The minimum Gasteiger partial charge on any atom is -0.392 e. The van der Waals surface area contributed by atoms with Gasteiger partial charge in [-0.15, -0.1) is 0 Å². The van der Waals surface area contributed by atoms with Crippen LogP contribution < -0.4 is 0 Å². The van der Waals surface area contributed by atoms with Crippen LogP contribution in [-0.4, -0.2) is 36.2 Å². The van der Waals surface area contributed by atoms with E-state index in [1.54, 1.807) is 0 Å². The lowest BCUT2D eigenvalue weighted by Crippen LogP contribution is -2.22. The van der Waals surface area contributed by atoms with Gasteiger partial charge in [0.05, 0.1) is 6.61 Å². The van der Waals surface area contributed by atoms with Gasteiger partial charge in [-0.05, 0) is 26.4 Å². The van der Waals surface area contributed by atoms with E-state index in [-0.39, 0.29) is 6.61 Å². The lowest BCUT2D eigenvalue weighted by molar-refractivity contribution is 0.334. The number of aliphatic hydroxyl groups excluding tert-OH is 1. The summed E-state index contributed by atoms with van der Waals surface area (Å²) in [6, 6.07) is 0.576. The highest BCUT2D eigenvalue weighted by molar-refractivity contribution is 4.96. The average molecular weight is 141 g/mol. The molecule has 0 radical (unpaired) electrons. The van der Waals surface area contributed by atoms with Crippen molar-refractivity contribution >= 4 is 0 Å². The summed E-state index contributed by atoms with van der Waals surface area (Å²) < 4.78 is 0. The predicted molar refractivity (Wildman–Crippen MR) is 41.9 cm³/mol. The van der Waals surface area contributed by atoms with Crippen molar-refractivity contribution in [2.24, 2.45) is 0 Å². The number of hydrogen-bond acceptors (Lipinski definition) is 2. The van der Waals surface area contributed by atoms with Gasteiger partial charge in [0.25, 0.3) is 0 Å². The van der Waals surface area contributed by atoms with Crippen LogP contribution in [0.5, 0.6) is 0 Å². The number of likely N-dealkylation sites (N-methyl/N-ethyl adjacent to an activating group) is 1. The molecule has 58 valence electrons. The highest BCUT2D eigenvalue weighted by atomic mass is 16.2. The molecule has 0 saturated carbocycles. The van der Waals surface area contributed by atoms with Crippen molar-refractivity contribution in [1.29, 1.82) is 0 Å². The van der Waals surface area contributed by atoms with E-state index < -0.39 is 0 Å². The molecule has 0 amide bonds. The summed E-state index contributed by atoms with van der Waals surface area (Å²) >= 11 is 0. The molecule has 2 nitrogen and oxygen atoms in total. The van der Waals surface area contributed by atoms with Crippen molar-refractivity contribution < 1.29 is 5.11 Å². The van der Waals surface area contributed by atoms with Crippen LogP contribution >= 0.6 is 0 Å². The summed E-state index contributed by atoms with van der Waals surface area (Å²) in [7, 11) is 2.12. The molecule has 1 heterocycles. The minimum absolute atomic E-state index is 0.171. The van der Waals surface area contributed by atoms with Crippen LogP contribution in [0.2, 0.25) is 0 Å². The maximum Gasteiger partial charge on any atom is 0.0612 e. The Kier molecular flexibility index (Phi) is 2.90. The normalized spacial score (nSPS) is 28.4. The summed E-state index contributed by atoms with van der Waals surface area (Å²) in [5.41, 5.74) is 0. The monoisotopic (exact) mass is 141 g/mol. The molecule has 0 unspecified atom stereocenters. The molecule has 2 heteroatoms. The number of hydrogen-bond donors (Lipinski definition) is 1. The molecule has 0 bridgehead atoms. The standard InChI is InChI=1S/C8H15NO/c1-9-6-2-4-8(9)5-3-7-10/h3,5,8,10H,2,4,6-7H2,1H3/b5-3+/t8-/m1/s1. The minimum atomic E-state index is 0.171. The maximum absolute atomic E-state index is 8.51. The lowest BCUT2D eigenvalue weighted by atomic mass is 10.2. The Labute approximate surface area is 62.2 Å². The molecule has 0 aromatic heterocycles. The summed E-state index contributed by atoms with van der Waals surface area (Å²) in [4.78, 5) is 2.31. The average Bonchev–Trinajstić information content (AvgIpc) is 2.31. The van der Waals surface area contributed by atoms with Crippen molar-refractivity contribution in [1.82, 2.24) is 4.90 Å². The van der Waals surface area contributed by atoms with E-state index in [0.717, 1.165) is 0 Å². The summed E-state index contributed by atoms with van der Waals surface area (Å²) in [6.45, 7) is 1.37. The fourth-order valence-corrected chi connectivity index (χ4v) is 1.40. The van der Waals surface area contributed by atoms with Crippen molar-refractivity contribution in [3.63, 3.8) is 0 Å². The molecule has 1 aliphatic rings. The maximum atomic E-state index is 8.51. The number of rotatable bonds is 2. The first-order valence-electron chi connectivity index (χ1n) is 3.82. The Morgan fingerprint density at radius 2 is 2.50 bits per heavy atom. The van der Waals surface area contributed by atoms with Gasteiger partial charge >= 0.3 is 0 Å². The predicted octanol–water partition coefficient (Wildman–Crippen LogP) is 0.629.